The van der Waals surface area contributed by atoms with Crippen LogP contribution in [0.1, 0.15) is 17.3 Å². The lowest BCUT2D eigenvalue weighted by Gasteiger charge is -2.10. The molecule has 3 aromatic carbocycles. The van der Waals surface area contributed by atoms with Crippen LogP contribution in [-0.2, 0) is 10.0 Å². The van der Waals surface area contributed by atoms with Crippen LogP contribution in [0.15, 0.2) is 71.6 Å². The molecule has 0 spiro atoms. The molecule has 0 aliphatic rings. The molecule has 0 radical (unpaired) electrons. The number of hydrogen-bond acceptors (Lipinski definition) is 3. The SMILES string of the molecule is CC(=O)c1cccc(NS(=O)(=O)c2ccc(-c3ccc(F)cc3F)cc2)c1. The number of nitrogens with one attached hydrogen (secondary N) is 1. The Balaban J connectivity index is 1.87. The lowest BCUT2D eigenvalue weighted by Crippen LogP contribution is -2.13. The number of benzene rings is 3. The molecular weight excluding hydrogens is 372 g/mol. The Bertz CT molecular complexity index is 1110. The van der Waals surface area contributed by atoms with Crippen molar-refractivity contribution < 1.29 is 22.0 Å². The molecule has 0 atom stereocenters. The van der Waals surface area contributed by atoms with Crippen LogP contribution >= 0.6 is 0 Å². The lowest BCUT2D eigenvalue weighted by molar-refractivity contribution is 0.101. The van der Waals surface area contributed by atoms with Gasteiger partial charge >= 0.3 is 0 Å². The van der Waals surface area contributed by atoms with E-state index >= 15 is 0 Å². The standard InChI is InChI=1S/C20H15F2NO3S/c1-13(24)15-3-2-4-17(11-15)23-27(25,26)18-8-5-14(6-9-18)19-10-7-16(21)12-20(19)22/h2-12,23H,1H3. The van der Waals surface area contributed by atoms with E-state index in [2.05, 4.69) is 4.72 Å². The summed E-state index contributed by atoms with van der Waals surface area (Å²) in [6, 6.07) is 14.9. The van der Waals surface area contributed by atoms with Crippen molar-refractivity contribution in [3.8, 4) is 11.1 Å². The first-order valence-electron chi connectivity index (χ1n) is 7.95. The monoisotopic (exact) mass is 387 g/mol. The van der Waals surface area contributed by atoms with Crippen LogP contribution in [0, 0.1) is 11.6 Å². The molecule has 0 heterocycles. The van der Waals surface area contributed by atoms with Crippen LogP contribution in [0.5, 0.6) is 0 Å². The molecule has 0 aliphatic carbocycles. The van der Waals surface area contributed by atoms with E-state index in [1.54, 1.807) is 12.1 Å². The largest absolute Gasteiger partial charge is 0.295 e. The van der Waals surface area contributed by atoms with Gasteiger partial charge in [-0.15, -0.1) is 0 Å². The molecule has 0 fully saturated rings. The topological polar surface area (TPSA) is 63.2 Å². The summed E-state index contributed by atoms with van der Waals surface area (Å²) in [5, 5.41) is 0. The molecule has 27 heavy (non-hydrogen) atoms. The van der Waals surface area contributed by atoms with Gasteiger partial charge in [0.15, 0.2) is 5.78 Å². The van der Waals surface area contributed by atoms with Gasteiger partial charge in [-0.1, -0.05) is 24.3 Å². The highest BCUT2D eigenvalue weighted by Crippen LogP contribution is 2.25. The molecule has 3 aromatic rings. The second kappa shape index (κ2) is 7.28. The molecule has 0 aliphatic heterocycles. The number of Topliss-reactive ketones (excluding diaryl/α,β-unsaturated/α-hetero) is 1. The van der Waals surface area contributed by atoms with Gasteiger partial charge in [0.2, 0.25) is 0 Å². The lowest BCUT2D eigenvalue weighted by atomic mass is 10.1. The highest BCUT2D eigenvalue weighted by molar-refractivity contribution is 7.92. The third kappa shape index (κ3) is 4.20. The molecule has 0 saturated heterocycles. The summed E-state index contributed by atoms with van der Waals surface area (Å²) in [5.74, 6) is -1.60. The summed E-state index contributed by atoms with van der Waals surface area (Å²) in [4.78, 5) is 11.4. The number of carbonyl (C=O) groups excluding carboxylic acids is 1. The average molecular weight is 387 g/mol. The van der Waals surface area contributed by atoms with Gasteiger partial charge in [-0.2, -0.15) is 0 Å². The molecule has 0 bridgehead atoms. The fourth-order valence-corrected chi connectivity index (χ4v) is 3.60. The normalized spacial score (nSPS) is 11.2. The third-order valence-corrected chi connectivity index (χ3v) is 5.33. The minimum Gasteiger partial charge on any atom is -0.295 e. The van der Waals surface area contributed by atoms with Crippen molar-refractivity contribution in [1.29, 1.82) is 0 Å². The van der Waals surface area contributed by atoms with Crippen LogP contribution in [0.4, 0.5) is 14.5 Å². The van der Waals surface area contributed by atoms with Crippen molar-refractivity contribution in [2.45, 2.75) is 11.8 Å². The summed E-state index contributed by atoms with van der Waals surface area (Å²) in [5.41, 5.74) is 1.24. The maximum atomic E-state index is 13.9. The van der Waals surface area contributed by atoms with E-state index in [0.717, 1.165) is 12.1 Å². The summed E-state index contributed by atoms with van der Waals surface area (Å²) in [7, 11) is -3.89. The Morgan fingerprint density at radius 3 is 2.26 bits per heavy atom. The van der Waals surface area contributed by atoms with Gasteiger partial charge in [0.25, 0.3) is 10.0 Å². The van der Waals surface area contributed by atoms with Crippen LogP contribution < -0.4 is 4.72 Å². The summed E-state index contributed by atoms with van der Waals surface area (Å²) in [6.45, 7) is 1.39. The van der Waals surface area contributed by atoms with E-state index in [9.17, 15) is 22.0 Å². The van der Waals surface area contributed by atoms with Crippen molar-refractivity contribution in [1.82, 2.24) is 0 Å². The van der Waals surface area contributed by atoms with Gasteiger partial charge in [0.1, 0.15) is 11.6 Å². The van der Waals surface area contributed by atoms with E-state index < -0.39 is 21.7 Å². The molecule has 0 saturated carbocycles. The molecule has 0 unspecified atom stereocenters. The predicted molar refractivity (Wildman–Crippen MR) is 99.0 cm³/mol. The van der Waals surface area contributed by atoms with Crippen LogP contribution in [-0.4, -0.2) is 14.2 Å². The van der Waals surface area contributed by atoms with Gasteiger partial charge in [-0.3, -0.25) is 9.52 Å². The minimum atomic E-state index is -3.89. The van der Waals surface area contributed by atoms with E-state index in [4.69, 9.17) is 0 Å². The zero-order chi connectivity index (χ0) is 19.6. The van der Waals surface area contributed by atoms with Gasteiger partial charge in [0.05, 0.1) is 4.90 Å². The first kappa shape index (κ1) is 18.7. The predicted octanol–water partition coefficient (Wildman–Crippen LogP) is 4.64. The van der Waals surface area contributed by atoms with Gasteiger partial charge in [0, 0.05) is 22.9 Å². The Hall–Kier alpha value is -3.06. The number of hydrogen-bond donors (Lipinski definition) is 1. The number of carbonyl (C=O) groups is 1. The van der Waals surface area contributed by atoms with Gasteiger partial charge in [-0.25, -0.2) is 17.2 Å². The van der Waals surface area contributed by atoms with E-state index in [0.29, 0.717) is 11.1 Å². The molecule has 3 rings (SSSR count). The molecule has 1 N–H and O–H groups in total. The zero-order valence-electron chi connectivity index (χ0n) is 14.2. The second-order valence-corrected chi connectivity index (χ2v) is 7.57. The Morgan fingerprint density at radius 2 is 1.63 bits per heavy atom. The van der Waals surface area contributed by atoms with Crippen molar-refractivity contribution in [3.63, 3.8) is 0 Å². The van der Waals surface area contributed by atoms with Crippen LogP contribution in [0.25, 0.3) is 11.1 Å². The molecule has 0 aromatic heterocycles. The number of ketones is 1. The maximum Gasteiger partial charge on any atom is 0.261 e. The zero-order valence-corrected chi connectivity index (χ0v) is 15.1. The minimum absolute atomic E-state index is 0.0259. The van der Waals surface area contributed by atoms with E-state index in [1.165, 1.54) is 49.4 Å². The number of sulfonamides is 1. The molecule has 138 valence electrons. The summed E-state index contributed by atoms with van der Waals surface area (Å²) >= 11 is 0. The summed E-state index contributed by atoms with van der Waals surface area (Å²) in [6.07, 6.45) is 0. The van der Waals surface area contributed by atoms with Crippen molar-refractivity contribution in [2.24, 2.45) is 0 Å². The Morgan fingerprint density at radius 1 is 0.926 bits per heavy atom. The molecule has 7 heteroatoms. The van der Waals surface area contributed by atoms with Crippen molar-refractivity contribution in [2.75, 3.05) is 4.72 Å². The van der Waals surface area contributed by atoms with E-state index in [1.807, 2.05) is 0 Å². The molecular formula is C20H15F2NO3S. The smallest absolute Gasteiger partial charge is 0.261 e. The highest BCUT2D eigenvalue weighted by atomic mass is 32.2. The van der Waals surface area contributed by atoms with Gasteiger partial charge < -0.3 is 0 Å². The second-order valence-electron chi connectivity index (χ2n) is 5.89. The number of anilines is 1. The first-order chi connectivity index (χ1) is 12.8. The Labute approximate surface area is 155 Å². The van der Waals surface area contributed by atoms with Gasteiger partial charge in [-0.05, 0) is 48.9 Å². The van der Waals surface area contributed by atoms with E-state index in [-0.39, 0.29) is 21.9 Å². The molecule has 0 amide bonds. The van der Waals surface area contributed by atoms with Crippen LogP contribution in [0.3, 0.4) is 0 Å². The first-order valence-corrected chi connectivity index (χ1v) is 9.44. The van der Waals surface area contributed by atoms with Crippen molar-refractivity contribution in [3.05, 3.63) is 83.9 Å². The van der Waals surface area contributed by atoms with Crippen molar-refractivity contribution >= 4 is 21.5 Å². The highest BCUT2D eigenvalue weighted by Gasteiger charge is 2.15. The van der Waals surface area contributed by atoms with Crippen LogP contribution in [0.2, 0.25) is 0 Å². The Kier molecular flexibility index (Phi) is 5.05. The number of halogens is 2. The maximum absolute atomic E-state index is 13.9. The summed E-state index contributed by atoms with van der Waals surface area (Å²) < 4.78 is 54.3. The average Bonchev–Trinajstić information content (AvgIpc) is 2.62. The fraction of sp³-hybridized carbons (Fsp3) is 0.0500. The molecule has 4 nitrogen and oxygen atoms in total. The third-order valence-electron chi connectivity index (χ3n) is 3.93. The fourth-order valence-electron chi connectivity index (χ4n) is 2.55. The number of rotatable bonds is 5. The quantitative estimate of drug-likeness (QED) is 0.649.